The van der Waals surface area contributed by atoms with E-state index in [-0.39, 0.29) is 17.9 Å². The van der Waals surface area contributed by atoms with Crippen molar-refractivity contribution in [3.05, 3.63) is 77.4 Å². The Balaban J connectivity index is 1.59. The first-order chi connectivity index (χ1) is 17.6. The molecule has 1 aliphatic rings. The van der Waals surface area contributed by atoms with Crippen molar-refractivity contribution in [2.45, 2.75) is 51.6 Å². The molecule has 0 radical (unpaired) electrons. The van der Waals surface area contributed by atoms with E-state index in [1.165, 1.54) is 18.3 Å². The zero-order valence-corrected chi connectivity index (χ0v) is 21.2. The number of carbonyl (C=O) groups excluding carboxylic acids is 2. The number of aromatic nitrogens is 2. The summed E-state index contributed by atoms with van der Waals surface area (Å²) in [5.74, 6) is -0.814. The number of nitrogens with zero attached hydrogens (tertiary/aromatic N) is 4. The number of amides is 2. The van der Waals surface area contributed by atoms with E-state index in [0.717, 1.165) is 5.56 Å². The fourth-order valence-electron chi connectivity index (χ4n) is 4.40. The van der Waals surface area contributed by atoms with Crippen LogP contribution in [0.5, 0.6) is 0 Å². The molecule has 0 bridgehead atoms. The molecular formula is C28H30FN5O3. The van der Waals surface area contributed by atoms with E-state index in [1.807, 2.05) is 20.8 Å². The molecule has 2 aromatic carbocycles. The second-order valence-corrected chi connectivity index (χ2v) is 10.1. The van der Waals surface area contributed by atoms with Crippen molar-refractivity contribution in [1.82, 2.24) is 14.7 Å². The predicted molar refractivity (Wildman–Crippen MR) is 137 cm³/mol. The second-order valence-electron chi connectivity index (χ2n) is 10.1. The van der Waals surface area contributed by atoms with Crippen molar-refractivity contribution in [3.8, 4) is 11.8 Å². The summed E-state index contributed by atoms with van der Waals surface area (Å²) >= 11 is 0. The zero-order chi connectivity index (χ0) is 26.6. The van der Waals surface area contributed by atoms with Crippen molar-refractivity contribution in [2.75, 3.05) is 18.4 Å². The third kappa shape index (κ3) is 6.33. The maximum absolute atomic E-state index is 14.0. The van der Waals surface area contributed by atoms with E-state index in [1.54, 1.807) is 46.0 Å². The number of ether oxygens (including phenoxy) is 1. The topological polar surface area (TPSA) is 100 Å². The second kappa shape index (κ2) is 10.8. The highest BCUT2D eigenvalue weighted by atomic mass is 19.1. The van der Waals surface area contributed by atoms with Crippen LogP contribution in [0.2, 0.25) is 0 Å². The molecule has 0 unspecified atom stereocenters. The Hall–Kier alpha value is -4.19. The summed E-state index contributed by atoms with van der Waals surface area (Å²) in [6, 6.07) is 15.3. The molecule has 37 heavy (non-hydrogen) atoms. The number of hydrogen-bond donors (Lipinski definition) is 1. The molecule has 2 amide bonds. The molecule has 8 nitrogen and oxygen atoms in total. The van der Waals surface area contributed by atoms with Crippen LogP contribution in [0.25, 0.3) is 5.69 Å². The van der Waals surface area contributed by atoms with Gasteiger partial charge in [-0.3, -0.25) is 4.79 Å². The third-order valence-corrected chi connectivity index (χ3v) is 6.13. The van der Waals surface area contributed by atoms with Crippen LogP contribution in [0, 0.1) is 17.1 Å². The molecule has 0 atom stereocenters. The molecule has 3 aromatic rings. The van der Waals surface area contributed by atoms with Gasteiger partial charge in [0.1, 0.15) is 11.4 Å². The van der Waals surface area contributed by atoms with E-state index in [4.69, 9.17) is 10.00 Å². The van der Waals surface area contributed by atoms with Crippen LogP contribution in [0.1, 0.15) is 61.1 Å². The number of piperidine rings is 1. The summed E-state index contributed by atoms with van der Waals surface area (Å²) in [5, 5.41) is 16.2. The Morgan fingerprint density at radius 3 is 2.49 bits per heavy atom. The molecule has 0 saturated carbocycles. The average Bonchev–Trinajstić information content (AvgIpc) is 3.30. The molecule has 4 rings (SSSR count). The summed E-state index contributed by atoms with van der Waals surface area (Å²) in [7, 11) is 0. The molecule has 0 aliphatic carbocycles. The fraction of sp³-hybridized carbons (Fsp3) is 0.357. The van der Waals surface area contributed by atoms with Gasteiger partial charge in [0.15, 0.2) is 0 Å². The highest BCUT2D eigenvalue weighted by Gasteiger charge is 2.32. The van der Waals surface area contributed by atoms with E-state index in [2.05, 4.69) is 16.5 Å². The molecule has 1 N–H and O–H groups in total. The minimum Gasteiger partial charge on any atom is -0.444 e. The summed E-state index contributed by atoms with van der Waals surface area (Å²) in [6.07, 6.45) is 2.63. The van der Waals surface area contributed by atoms with Crippen LogP contribution in [0.3, 0.4) is 0 Å². The molecule has 0 spiro atoms. The maximum atomic E-state index is 14.0. The summed E-state index contributed by atoms with van der Waals surface area (Å²) in [4.78, 5) is 27.6. The lowest BCUT2D eigenvalue weighted by Gasteiger charge is -2.34. The smallest absolute Gasteiger partial charge is 0.410 e. The summed E-state index contributed by atoms with van der Waals surface area (Å²) < 4.78 is 21.2. The van der Waals surface area contributed by atoms with Crippen LogP contribution in [-0.4, -0.2) is 45.4 Å². The molecule has 1 aliphatic heterocycles. The highest BCUT2D eigenvalue weighted by Crippen LogP contribution is 2.33. The van der Waals surface area contributed by atoms with Gasteiger partial charge < -0.3 is 15.0 Å². The van der Waals surface area contributed by atoms with Gasteiger partial charge in [-0.05, 0) is 69.5 Å². The van der Waals surface area contributed by atoms with Crippen LogP contribution < -0.4 is 5.32 Å². The standard InChI is InChI=1S/C28H30FN5O3/c1-28(2,3)37-27(36)33-15-12-20(13-16-33)25-24(18-31-34(25)23-6-4-5-21(29)17-23)26(35)32-22-9-7-19(8-10-22)11-14-30/h4-10,17-18,20H,11-13,15-16H2,1-3H3,(H,32,35). The summed E-state index contributed by atoms with van der Waals surface area (Å²) in [6.45, 7) is 6.43. The van der Waals surface area contributed by atoms with Gasteiger partial charge in [0.2, 0.25) is 0 Å². The Bertz CT molecular complexity index is 1310. The zero-order valence-electron chi connectivity index (χ0n) is 21.2. The van der Waals surface area contributed by atoms with Gasteiger partial charge in [-0.25, -0.2) is 13.9 Å². The third-order valence-electron chi connectivity index (χ3n) is 6.13. The van der Waals surface area contributed by atoms with Gasteiger partial charge >= 0.3 is 6.09 Å². The van der Waals surface area contributed by atoms with Gasteiger partial charge in [-0.15, -0.1) is 0 Å². The molecule has 1 aromatic heterocycles. The van der Waals surface area contributed by atoms with Gasteiger partial charge in [-0.2, -0.15) is 10.4 Å². The van der Waals surface area contributed by atoms with Crippen LogP contribution >= 0.6 is 0 Å². The molecule has 1 saturated heterocycles. The average molecular weight is 504 g/mol. The fourth-order valence-corrected chi connectivity index (χ4v) is 4.40. The number of nitriles is 1. The Labute approximate surface area is 215 Å². The van der Waals surface area contributed by atoms with E-state index in [9.17, 15) is 14.0 Å². The number of carbonyl (C=O) groups is 2. The van der Waals surface area contributed by atoms with Gasteiger partial charge in [-0.1, -0.05) is 18.2 Å². The number of nitrogens with one attached hydrogen (secondary N) is 1. The quantitative estimate of drug-likeness (QED) is 0.499. The minimum absolute atomic E-state index is 0.0804. The molecule has 9 heteroatoms. The van der Waals surface area contributed by atoms with Crippen molar-refractivity contribution in [1.29, 1.82) is 5.26 Å². The van der Waals surface area contributed by atoms with Crippen LogP contribution in [0.4, 0.5) is 14.9 Å². The minimum atomic E-state index is -0.581. The summed E-state index contributed by atoms with van der Waals surface area (Å²) in [5.41, 5.74) is 2.45. The Morgan fingerprint density at radius 1 is 1.16 bits per heavy atom. The number of rotatable bonds is 5. The lowest BCUT2D eigenvalue weighted by Crippen LogP contribution is -2.41. The lowest BCUT2D eigenvalue weighted by atomic mass is 9.90. The van der Waals surface area contributed by atoms with Gasteiger partial charge in [0.25, 0.3) is 5.91 Å². The largest absolute Gasteiger partial charge is 0.444 e. The van der Waals surface area contributed by atoms with E-state index < -0.39 is 11.4 Å². The lowest BCUT2D eigenvalue weighted by molar-refractivity contribution is 0.0203. The van der Waals surface area contributed by atoms with Crippen molar-refractivity contribution < 1.29 is 18.7 Å². The number of likely N-dealkylation sites (tertiary alicyclic amines) is 1. The SMILES string of the molecule is CC(C)(C)OC(=O)N1CCC(c2c(C(=O)Nc3ccc(CC#N)cc3)cnn2-c2cccc(F)c2)CC1. The van der Waals surface area contributed by atoms with Gasteiger partial charge in [0, 0.05) is 24.7 Å². The maximum Gasteiger partial charge on any atom is 0.410 e. The van der Waals surface area contributed by atoms with E-state index in [0.29, 0.717) is 55.0 Å². The first kappa shape index (κ1) is 25.9. The number of benzene rings is 2. The van der Waals surface area contributed by atoms with E-state index >= 15 is 0 Å². The predicted octanol–water partition coefficient (Wildman–Crippen LogP) is 5.44. The highest BCUT2D eigenvalue weighted by molar-refractivity contribution is 6.05. The number of halogens is 1. The monoisotopic (exact) mass is 503 g/mol. The molecule has 192 valence electrons. The van der Waals surface area contributed by atoms with Crippen molar-refractivity contribution in [2.24, 2.45) is 0 Å². The first-order valence-corrected chi connectivity index (χ1v) is 12.2. The molecular weight excluding hydrogens is 473 g/mol. The van der Waals surface area contributed by atoms with Crippen LogP contribution in [0.15, 0.2) is 54.7 Å². The Kier molecular flexibility index (Phi) is 7.58. The normalized spacial score (nSPS) is 14.2. The first-order valence-electron chi connectivity index (χ1n) is 12.2. The van der Waals surface area contributed by atoms with Crippen molar-refractivity contribution >= 4 is 17.7 Å². The Morgan fingerprint density at radius 2 is 1.86 bits per heavy atom. The van der Waals surface area contributed by atoms with Crippen molar-refractivity contribution in [3.63, 3.8) is 0 Å². The van der Waals surface area contributed by atoms with Gasteiger partial charge in [0.05, 0.1) is 35.6 Å². The number of hydrogen-bond acceptors (Lipinski definition) is 5. The molecule has 1 fully saturated rings. The molecule has 2 heterocycles. The number of anilines is 1. The van der Waals surface area contributed by atoms with Crippen LogP contribution in [-0.2, 0) is 11.2 Å².